The fraction of sp³-hybridized carbons (Fsp3) is 0. The summed E-state index contributed by atoms with van der Waals surface area (Å²) in [6, 6.07) is 8.38. The topological polar surface area (TPSA) is 82.7 Å². The van der Waals surface area contributed by atoms with Crippen LogP contribution in [0, 0.1) is 0 Å². The van der Waals surface area contributed by atoms with Crippen LogP contribution in [0.5, 0.6) is 0 Å². The Hall–Kier alpha value is -1.66. The summed E-state index contributed by atoms with van der Waals surface area (Å²) in [5.41, 5.74) is 13.1. The highest BCUT2D eigenvalue weighted by atomic mass is 35.5. The van der Waals surface area contributed by atoms with Crippen LogP contribution in [0.15, 0.2) is 30.3 Å². The fourth-order valence-corrected chi connectivity index (χ4v) is 3.34. The molecule has 0 saturated heterocycles. The van der Waals surface area contributed by atoms with Crippen LogP contribution in [0.1, 0.15) is 0 Å². The zero-order valence-electron chi connectivity index (χ0n) is 11.4. The molecular weight excluding hydrogens is 380 g/mol. The Kier molecular flexibility index (Phi) is 4.29. The van der Waals surface area contributed by atoms with Crippen molar-refractivity contribution in [3.05, 3.63) is 50.4 Å². The molecule has 9 heteroatoms. The number of halogens is 4. The summed E-state index contributed by atoms with van der Waals surface area (Å²) in [7, 11) is 0. The van der Waals surface area contributed by atoms with Gasteiger partial charge in [-0.15, -0.1) is 5.10 Å². The number of aromatic nitrogens is 3. The molecule has 3 aromatic rings. The zero-order valence-corrected chi connectivity index (χ0v) is 14.4. The van der Waals surface area contributed by atoms with Gasteiger partial charge in [0.1, 0.15) is 0 Å². The highest BCUT2D eigenvalue weighted by molar-refractivity contribution is 6.42. The molecule has 0 aliphatic rings. The van der Waals surface area contributed by atoms with Crippen LogP contribution in [-0.4, -0.2) is 14.8 Å². The number of nitrogen functional groups attached to an aromatic ring is 2. The highest BCUT2D eigenvalue weighted by Crippen LogP contribution is 2.40. The number of hydrogen-bond donors (Lipinski definition) is 2. The van der Waals surface area contributed by atoms with Gasteiger partial charge < -0.3 is 11.5 Å². The second-order valence-corrected chi connectivity index (χ2v) is 6.31. The van der Waals surface area contributed by atoms with Crippen LogP contribution in [0.25, 0.3) is 16.8 Å². The Labute approximate surface area is 151 Å². The lowest BCUT2D eigenvalue weighted by molar-refractivity contribution is 0.896. The Morgan fingerprint density at radius 1 is 0.870 bits per heavy atom. The standard InChI is InChI=1S/C14H9Cl4N5/c15-6-1-2-8(9(16)3-6)12-10(17)4-7(5-11(12)18)23-14(20)21-13(19)22-23/h1-5H,(H4,19,20,21,22). The van der Waals surface area contributed by atoms with Crippen LogP contribution in [0.2, 0.25) is 20.1 Å². The van der Waals surface area contributed by atoms with Gasteiger partial charge in [0.25, 0.3) is 0 Å². The van der Waals surface area contributed by atoms with Crippen LogP contribution in [0.3, 0.4) is 0 Å². The van der Waals surface area contributed by atoms with Gasteiger partial charge in [-0.25, -0.2) is 0 Å². The first-order valence-electron chi connectivity index (χ1n) is 6.29. The average Bonchev–Trinajstić information content (AvgIpc) is 2.79. The quantitative estimate of drug-likeness (QED) is 0.665. The van der Waals surface area contributed by atoms with Crippen molar-refractivity contribution in [1.82, 2.24) is 14.8 Å². The molecule has 1 aromatic heterocycles. The van der Waals surface area contributed by atoms with Gasteiger partial charge in [-0.05, 0) is 24.3 Å². The molecule has 0 radical (unpaired) electrons. The van der Waals surface area contributed by atoms with Crippen molar-refractivity contribution in [2.45, 2.75) is 0 Å². The van der Waals surface area contributed by atoms with E-state index in [1.54, 1.807) is 30.3 Å². The molecule has 0 spiro atoms. The third kappa shape index (κ3) is 3.05. The van der Waals surface area contributed by atoms with E-state index in [1.165, 1.54) is 4.68 Å². The van der Waals surface area contributed by atoms with E-state index in [9.17, 15) is 0 Å². The van der Waals surface area contributed by atoms with Gasteiger partial charge in [0.05, 0.1) is 15.7 Å². The molecule has 2 aromatic carbocycles. The molecule has 0 bridgehead atoms. The summed E-state index contributed by atoms with van der Waals surface area (Å²) in [5, 5.41) is 5.72. The van der Waals surface area contributed by atoms with E-state index < -0.39 is 0 Å². The molecule has 0 aliphatic heterocycles. The molecular formula is C14H9Cl4N5. The van der Waals surface area contributed by atoms with Crippen molar-refractivity contribution >= 4 is 58.3 Å². The molecule has 0 fully saturated rings. The maximum absolute atomic E-state index is 6.38. The van der Waals surface area contributed by atoms with Gasteiger partial charge in [-0.1, -0.05) is 52.5 Å². The molecule has 118 valence electrons. The molecule has 0 unspecified atom stereocenters. The summed E-state index contributed by atoms with van der Waals surface area (Å²) >= 11 is 24.9. The van der Waals surface area contributed by atoms with Crippen molar-refractivity contribution in [2.24, 2.45) is 0 Å². The predicted molar refractivity (Wildman–Crippen MR) is 95.7 cm³/mol. The summed E-state index contributed by atoms with van der Waals surface area (Å²) in [6.07, 6.45) is 0. The molecule has 4 N–H and O–H groups in total. The van der Waals surface area contributed by atoms with E-state index in [-0.39, 0.29) is 11.9 Å². The Morgan fingerprint density at radius 3 is 2.04 bits per heavy atom. The number of nitrogens with zero attached hydrogens (tertiary/aromatic N) is 3. The number of rotatable bonds is 2. The largest absolute Gasteiger partial charge is 0.368 e. The number of anilines is 2. The van der Waals surface area contributed by atoms with Gasteiger partial charge in [-0.3, -0.25) is 0 Å². The van der Waals surface area contributed by atoms with Gasteiger partial charge in [-0.2, -0.15) is 9.67 Å². The summed E-state index contributed by atoms with van der Waals surface area (Å²) in [6.45, 7) is 0. The minimum absolute atomic E-state index is 0.0552. The third-order valence-corrected chi connectivity index (χ3v) is 4.26. The van der Waals surface area contributed by atoms with Crippen molar-refractivity contribution in [2.75, 3.05) is 11.5 Å². The molecule has 3 rings (SSSR count). The van der Waals surface area contributed by atoms with E-state index in [2.05, 4.69) is 10.1 Å². The fourth-order valence-electron chi connectivity index (χ4n) is 2.16. The number of nitrogens with two attached hydrogens (primary N) is 2. The smallest absolute Gasteiger partial charge is 0.241 e. The summed E-state index contributed by atoms with van der Waals surface area (Å²) in [5.74, 6) is 0.187. The monoisotopic (exact) mass is 387 g/mol. The first kappa shape index (κ1) is 16.2. The lowest BCUT2D eigenvalue weighted by Crippen LogP contribution is -2.03. The van der Waals surface area contributed by atoms with Crippen LogP contribution >= 0.6 is 46.4 Å². The van der Waals surface area contributed by atoms with Crippen molar-refractivity contribution in [1.29, 1.82) is 0 Å². The number of hydrogen-bond acceptors (Lipinski definition) is 4. The first-order chi connectivity index (χ1) is 10.9. The lowest BCUT2D eigenvalue weighted by atomic mass is 10.0. The summed E-state index contributed by atoms with van der Waals surface area (Å²) in [4.78, 5) is 3.84. The Balaban J connectivity index is 2.16. The predicted octanol–water partition coefficient (Wildman–Crippen LogP) is 4.71. The SMILES string of the molecule is Nc1nc(N)n(-c2cc(Cl)c(-c3ccc(Cl)cc3Cl)c(Cl)c2)n1. The van der Waals surface area contributed by atoms with Gasteiger partial charge in [0.2, 0.25) is 11.9 Å². The van der Waals surface area contributed by atoms with Gasteiger partial charge >= 0.3 is 0 Å². The summed E-state index contributed by atoms with van der Waals surface area (Å²) < 4.78 is 1.35. The van der Waals surface area contributed by atoms with E-state index in [4.69, 9.17) is 57.9 Å². The Bertz CT molecular complexity index is 883. The van der Waals surface area contributed by atoms with Crippen LogP contribution in [-0.2, 0) is 0 Å². The van der Waals surface area contributed by atoms with Crippen molar-refractivity contribution in [3.8, 4) is 16.8 Å². The van der Waals surface area contributed by atoms with E-state index in [0.717, 1.165) is 0 Å². The maximum Gasteiger partial charge on any atom is 0.241 e. The Morgan fingerprint density at radius 2 is 1.52 bits per heavy atom. The normalized spacial score (nSPS) is 11.0. The molecule has 5 nitrogen and oxygen atoms in total. The van der Waals surface area contributed by atoms with E-state index in [0.29, 0.717) is 36.9 Å². The second kappa shape index (κ2) is 6.09. The van der Waals surface area contributed by atoms with E-state index >= 15 is 0 Å². The molecule has 0 aliphatic carbocycles. The van der Waals surface area contributed by atoms with Crippen molar-refractivity contribution in [3.63, 3.8) is 0 Å². The van der Waals surface area contributed by atoms with E-state index in [1.807, 2.05) is 0 Å². The molecule has 0 atom stereocenters. The first-order valence-corrected chi connectivity index (χ1v) is 7.81. The van der Waals surface area contributed by atoms with Gasteiger partial charge in [0.15, 0.2) is 0 Å². The lowest BCUT2D eigenvalue weighted by Gasteiger charge is -2.12. The van der Waals surface area contributed by atoms with Crippen LogP contribution < -0.4 is 11.5 Å². The van der Waals surface area contributed by atoms with Crippen LogP contribution in [0.4, 0.5) is 11.9 Å². The van der Waals surface area contributed by atoms with Crippen molar-refractivity contribution < 1.29 is 0 Å². The minimum Gasteiger partial charge on any atom is -0.368 e. The highest BCUT2D eigenvalue weighted by Gasteiger charge is 2.16. The molecule has 0 amide bonds. The molecule has 0 saturated carbocycles. The minimum atomic E-state index is 0.0552. The number of benzene rings is 2. The third-order valence-electron chi connectivity index (χ3n) is 3.12. The maximum atomic E-state index is 6.38. The average molecular weight is 389 g/mol. The second-order valence-electron chi connectivity index (χ2n) is 4.65. The molecule has 1 heterocycles. The molecule has 23 heavy (non-hydrogen) atoms. The van der Waals surface area contributed by atoms with Gasteiger partial charge in [0, 0.05) is 21.2 Å². The zero-order chi connectivity index (χ0) is 16.7.